The molecule has 0 saturated carbocycles. The maximum Gasteiger partial charge on any atom is 0.573 e. The number of nitro benzene ring substituents is 3. The van der Waals surface area contributed by atoms with Gasteiger partial charge in [0.1, 0.15) is 15.6 Å². The third-order valence-corrected chi connectivity index (χ3v) is 7.63. The number of hydrogen-bond donors (Lipinski definition) is 1. The van der Waals surface area contributed by atoms with Crippen molar-refractivity contribution in [2.75, 3.05) is 17.3 Å². The van der Waals surface area contributed by atoms with Crippen LogP contribution in [0.3, 0.4) is 0 Å². The predicted octanol–water partition coefficient (Wildman–Crippen LogP) is 4.56. The predicted molar refractivity (Wildman–Crippen MR) is 160 cm³/mol. The van der Waals surface area contributed by atoms with Crippen LogP contribution >= 0.6 is 0 Å². The van der Waals surface area contributed by atoms with E-state index in [4.69, 9.17) is 0 Å². The van der Waals surface area contributed by atoms with Crippen molar-refractivity contribution in [3.8, 4) is 22.6 Å². The topological polar surface area (TPSA) is 233 Å². The van der Waals surface area contributed by atoms with Crippen molar-refractivity contribution < 1.29 is 41.1 Å². The van der Waals surface area contributed by atoms with Crippen LogP contribution in [-0.4, -0.2) is 66.1 Å². The second-order valence-electron chi connectivity index (χ2n) is 10.1. The summed E-state index contributed by atoms with van der Waals surface area (Å²) in [7, 11) is -3.32. The van der Waals surface area contributed by atoms with Crippen molar-refractivity contribution in [1.29, 1.82) is 0 Å². The van der Waals surface area contributed by atoms with Gasteiger partial charge in [0.25, 0.3) is 5.69 Å². The zero-order valence-electron chi connectivity index (χ0n) is 24.2. The van der Waals surface area contributed by atoms with Crippen molar-refractivity contribution in [3.63, 3.8) is 0 Å². The number of non-ortho nitro benzene ring substituents is 1. The minimum Gasteiger partial charge on any atom is -0.406 e. The lowest BCUT2D eigenvalue weighted by Crippen LogP contribution is -2.17. The molecule has 1 N–H and O–H groups in total. The molecule has 0 aliphatic heterocycles. The lowest BCUT2D eigenvalue weighted by molar-refractivity contribution is -0.401. The number of nitrogens with one attached hydrogen (secondary N) is 1. The van der Waals surface area contributed by atoms with Crippen LogP contribution in [0.1, 0.15) is 5.69 Å². The zero-order chi connectivity index (χ0) is 35.0. The number of nitrogens with zero attached hydrogens (tertiary/aromatic N) is 8. The van der Waals surface area contributed by atoms with Gasteiger partial charge in [-0.15, -0.1) is 13.2 Å². The number of pyridine rings is 1. The molecule has 5 rings (SSSR count). The Hall–Kier alpha value is -6.19. The third kappa shape index (κ3) is 7.27. The fourth-order valence-electron chi connectivity index (χ4n) is 4.68. The fourth-order valence-corrected chi connectivity index (χ4v) is 5.19. The molecule has 3 aromatic heterocycles. The number of halogens is 3. The number of benzene rings is 2. The first-order valence-electron chi connectivity index (χ1n) is 13.3. The normalized spacial score (nSPS) is 11.8. The Morgan fingerprint density at radius 3 is 2.19 bits per heavy atom. The Labute approximate surface area is 265 Å². The quantitative estimate of drug-likeness (QED) is 0.140. The number of ether oxygens (including phenoxy) is 1. The van der Waals surface area contributed by atoms with Crippen molar-refractivity contribution in [2.24, 2.45) is 0 Å². The van der Waals surface area contributed by atoms with Gasteiger partial charge in [-0.05, 0) is 35.9 Å². The first-order valence-corrected chi connectivity index (χ1v) is 15.4. The molecule has 18 nitrogen and oxygen atoms in total. The van der Waals surface area contributed by atoms with E-state index in [2.05, 4.69) is 25.2 Å². The second-order valence-corrected chi connectivity index (χ2v) is 12.3. The summed E-state index contributed by atoms with van der Waals surface area (Å²) in [5.74, 6) is -0.717. The molecule has 0 radical (unpaired) electrons. The summed E-state index contributed by atoms with van der Waals surface area (Å²) in [6, 6.07) is 7.28. The lowest BCUT2D eigenvalue weighted by atomic mass is 10.1. The lowest BCUT2D eigenvalue weighted by Gasteiger charge is -2.09. The number of aryl methyl sites for hydroxylation is 1. The average molecular weight is 692 g/mol. The van der Waals surface area contributed by atoms with Gasteiger partial charge in [-0.3, -0.25) is 35.0 Å². The highest BCUT2D eigenvalue weighted by Crippen LogP contribution is 2.39. The van der Waals surface area contributed by atoms with Gasteiger partial charge < -0.3 is 10.1 Å². The van der Waals surface area contributed by atoms with E-state index >= 15 is 0 Å². The molecule has 0 bridgehead atoms. The highest BCUT2D eigenvalue weighted by molar-refractivity contribution is 7.90. The second kappa shape index (κ2) is 12.5. The first-order chi connectivity index (χ1) is 22.5. The molecule has 0 unspecified atom stereocenters. The molecule has 3 heterocycles. The van der Waals surface area contributed by atoms with Crippen LogP contribution in [0.25, 0.3) is 27.8 Å². The van der Waals surface area contributed by atoms with Crippen LogP contribution in [-0.2, 0) is 22.9 Å². The summed E-state index contributed by atoms with van der Waals surface area (Å²) >= 11 is 0. The molecule has 250 valence electrons. The molecule has 48 heavy (non-hydrogen) atoms. The van der Waals surface area contributed by atoms with E-state index in [1.807, 2.05) is 0 Å². The Morgan fingerprint density at radius 1 is 0.979 bits per heavy atom. The average Bonchev–Trinajstić information content (AvgIpc) is 3.63. The summed E-state index contributed by atoms with van der Waals surface area (Å²) in [4.78, 5) is 36.2. The van der Waals surface area contributed by atoms with Crippen LogP contribution in [0.5, 0.6) is 5.75 Å². The molecule has 0 fully saturated rings. The number of nitro groups is 3. The molecule has 22 heteroatoms. The van der Waals surface area contributed by atoms with E-state index in [0.29, 0.717) is 23.3 Å². The standard InChI is InChI=1S/C26H20F3N9O9S/c1-48(45,46)9-8-34-14-15(12-32-34)19-6-7-30-25-23(19)20(33-35(25)16-2-4-18(5-3-16)47-26(27,28)29)13-31-24-21(37(41)42)10-17(36(39)40)11-22(24)38(43)44/h2-7,10-12,14,31H,8-9,13H2,1H3. The Bertz CT molecular complexity index is 2150. The van der Waals surface area contributed by atoms with Gasteiger partial charge >= 0.3 is 17.7 Å². The highest BCUT2D eigenvalue weighted by atomic mass is 32.2. The third-order valence-electron chi connectivity index (χ3n) is 6.71. The summed E-state index contributed by atoms with van der Waals surface area (Å²) in [5, 5.41) is 46.5. The minimum absolute atomic E-state index is 0.0283. The molecule has 5 aromatic rings. The van der Waals surface area contributed by atoms with E-state index in [-0.39, 0.29) is 34.7 Å². The number of fused-ring (bicyclic) bond motifs is 1. The molecule has 0 amide bonds. The van der Waals surface area contributed by atoms with Crippen molar-refractivity contribution in [1.82, 2.24) is 24.5 Å². The fraction of sp³-hybridized carbons (Fsp3) is 0.192. The SMILES string of the molecule is CS(=O)(=O)CCn1cc(-c2ccnc3c2c(CNc2c([N+](=O)[O-])cc([N+](=O)[O-])cc2[N+](=O)[O-])nn3-c2ccc(OC(F)(F)F)cc2)cn1. The van der Waals surface area contributed by atoms with E-state index in [1.165, 1.54) is 33.9 Å². The maximum absolute atomic E-state index is 12.7. The Kier molecular flexibility index (Phi) is 8.67. The molecular weight excluding hydrogens is 671 g/mol. The van der Waals surface area contributed by atoms with Gasteiger partial charge in [0.05, 0.1) is 68.7 Å². The molecule has 0 spiro atoms. The number of rotatable bonds is 12. The number of aromatic nitrogens is 5. The van der Waals surface area contributed by atoms with E-state index in [9.17, 15) is 51.9 Å². The van der Waals surface area contributed by atoms with Gasteiger partial charge in [-0.1, -0.05) is 0 Å². The molecule has 2 aromatic carbocycles. The number of anilines is 1. The van der Waals surface area contributed by atoms with E-state index in [0.717, 1.165) is 18.4 Å². The van der Waals surface area contributed by atoms with Gasteiger partial charge in [0, 0.05) is 24.2 Å². The summed E-state index contributed by atoms with van der Waals surface area (Å²) in [6.45, 7) is -0.417. The van der Waals surface area contributed by atoms with Crippen LogP contribution in [0.15, 0.2) is 61.1 Å². The van der Waals surface area contributed by atoms with E-state index in [1.54, 1.807) is 12.3 Å². The van der Waals surface area contributed by atoms with Gasteiger partial charge in [-0.2, -0.15) is 10.2 Å². The molecular formula is C26H20F3N9O9S. The minimum atomic E-state index is -4.94. The number of hydrogen-bond acceptors (Lipinski definition) is 13. The maximum atomic E-state index is 12.7. The van der Waals surface area contributed by atoms with Gasteiger partial charge in [0.15, 0.2) is 11.3 Å². The Morgan fingerprint density at radius 2 is 1.62 bits per heavy atom. The summed E-state index contributed by atoms with van der Waals surface area (Å²) in [5.41, 5.74) is -2.11. The molecule has 0 atom stereocenters. The number of sulfone groups is 1. The summed E-state index contributed by atoms with van der Waals surface area (Å²) in [6.07, 6.45) is 0.502. The molecule has 0 aliphatic carbocycles. The Balaban J connectivity index is 1.64. The summed E-state index contributed by atoms with van der Waals surface area (Å²) < 4.78 is 68.0. The van der Waals surface area contributed by atoms with Gasteiger partial charge in [0.2, 0.25) is 0 Å². The highest BCUT2D eigenvalue weighted by Gasteiger charge is 2.32. The van der Waals surface area contributed by atoms with Crippen molar-refractivity contribution >= 4 is 43.6 Å². The number of alkyl halides is 3. The van der Waals surface area contributed by atoms with Crippen LogP contribution in [0.2, 0.25) is 0 Å². The smallest absolute Gasteiger partial charge is 0.406 e. The van der Waals surface area contributed by atoms with Crippen molar-refractivity contribution in [2.45, 2.75) is 19.5 Å². The van der Waals surface area contributed by atoms with E-state index < -0.39 is 66.0 Å². The zero-order valence-corrected chi connectivity index (χ0v) is 25.0. The molecule has 0 saturated heterocycles. The van der Waals surface area contributed by atoms with Crippen LogP contribution in [0.4, 0.5) is 35.9 Å². The van der Waals surface area contributed by atoms with Crippen molar-refractivity contribution in [3.05, 3.63) is 97.1 Å². The first kappa shape index (κ1) is 33.2. The molecule has 0 aliphatic rings. The van der Waals surface area contributed by atoms with Crippen LogP contribution < -0.4 is 10.1 Å². The largest absolute Gasteiger partial charge is 0.573 e. The monoisotopic (exact) mass is 691 g/mol. The van der Waals surface area contributed by atoms with Crippen LogP contribution in [0, 0.1) is 30.3 Å². The van der Waals surface area contributed by atoms with Gasteiger partial charge in [-0.25, -0.2) is 18.1 Å².